The molecule has 4 fully saturated rings. The number of fused-ring (bicyclic) bond motifs is 4. The third-order valence-corrected chi connectivity index (χ3v) is 17.7. The molecule has 1 N–H and O–H groups in total. The van der Waals surface area contributed by atoms with E-state index in [0.717, 1.165) is 5.56 Å². The van der Waals surface area contributed by atoms with Gasteiger partial charge in [-0.15, -0.1) is 0 Å². The van der Waals surface area contributed by atoms with Crippen LogP contribution in [0.4, 0.5) is 0 Å². The monoisotopic (exact) mass is 706 g/mol. The Morgan fingerprint density at radius 3 is 2.22 bits per heavy atom. The first-order valence-corrected chi connectivity index (χ1v) is 20.9. The van der Waals surface area contributed by atoms with Gasteiger partial charge in [0.15, 0.2) is 25.5 Å². The van der Waals surface area contributed by atoms with Gasteiger partial charge in [-0.1, -0.05) is 65.0 Å². The van der Waals surface area contributed by atoms with Gasteiger partial charge in [0.2, 0.25) is 0 Å². The Bertz CT molecular complexity index is 1610. The Morgan fingerprint density at radius 1 is 1.00 bits per heavy atom. The second kappa shape index (κ2) is 12.7. The van der Waals surface area contributed by atoms with E-state index >= 15 is 4.79 Å². The molecule has 0 amide bonds. The molecule has 2 bridgehead atoms. The van der Waals surface area contributed by atoms with Crippen LogP contribution in [0.3, 0.4) is 0 Å². The minimum atomic E-state index is -2.48. The van der Waals surface area contributed by atoms with E-state index in [4.69, 9.17) is 23.4 Å². The molecule has 8 atom stereocenters. The SMILES string of the molecule is COc1ccc(CO[C@H]2C(=O)[C@]3(C)[C@@H](O[Si](C)(C)C(C)(C)C)CC[C@@]4(CO4)[C@H]3[C@H](OC(=O)c3ccccc3)[C@@]3(O)C(=O)CC[C@@H]2C3(C)C)cc1. The Kier molecular flexibility index (Phi) is 9.33. The van der Waals surface area contributed by atoms with E-state index < -0.39 is 72.2 Å². The van der Waals surface area contributed by atoms with Gasteiger partial charge in [-0.25, -0.2) is 4.79 Å². The number of Topliss-reactive ketones (excluding diaryl/α,β-unsaturated/α-hetero) is 2. The van der Waals surface area contributed by atoms with Crippen molar-refractivity contribution in [3.05, 3.63) is 65.7 Å². The third kappa shape index (κ3) is 5.79. The van der Waals surface area contributed by atoms with Gasteiger partial charge in [-0.05, 0) is 74.1 Å². The Balaban J connectivity index is 1.54. The van der Waals surface area contributed by atoms with Gasteiger partial charge in [0.25, 0.3) is 0 Å². The van der Waals surface area contributed by atoms with Gasteiger partial charge < -0.3 is 28.5 Å². The van der Waals surface area contributed by atoms with Crippen molar-refractivity contribution < 1.29 is 42.9 Å². The lowest BCUT2D eigenvalue weighted by molar-refractivity contribution is -0.248. The summed E-state index contributed by atoms with van der Waals surface area (Å²) in [5.41, 5.74) is -4.47. The molecule has 4 aliphatic rings. The van der Waals surface area contributed by atoms with Crippen LogP contribution in [0.15, 0.2) is 54.6 Å². The van der Waals surface area contributed by atoms with Crippen LogP contribution in [0.1, 0.15) is 83.1 Å². The summed E-state index contributed by atoms with van der Waals surface area (Å²) in [6, 6.07) is 16.1. The number of esters is 1. The van der Waals surface area contributed by atoms with E-state index in [1.165, 1.54) is 0 Å². The van der Waals surface area contributed by atoms with E-state index in [1.807, 2.05) is 45.0 Å². The number of aliphatic hydroxyl groups is 1. The highest BCUT2D eigenvalue weighted by atomic mass is 28.4. The molecule has 2 aromatic rings. The summed E-state index contributed by atoms with van der Waals surface area (Å²) in [5.74, 6) is -1.98. The van der Waals surface area contributed by atoms with Gasteiger partial charge >= 0.3 is 5.97 Å². The number of benzene rings is 2. The first-order chi connectivity index (χ1) is 23.3. The van der Waals surface area contributed by atoms with Crippen LogP contribution in [-0.2, 0) is 34.8 Å². The summed E-state index contributed by atoms with van der Waals surface area (Å²) < 4.78 is 32.0. The number of hydrogen-bond acceptors (Lipinski definition) is 9. The Labute approximate surface area is 297 Å². The standard InChI is InChI=1S/C40H54O9Si/c1-36(2,3)50(8,9)49-30-21-22-39(24-47-39)32-34(48-35(43)26-13-11-10-12-14-26)40(44)29(41)20-19-28(37(40,4)5)31(33(42)38(30,32)6)46-23-25-15-17-27(45-7)18-16-25/h10-18,28,30-32,34,44H,19-24H2,1-9H3/t28-,30-,31+,32-,34-,38+,39+,40-/m0/s1. The third-order valence-electron chi connectivity index (χ3n) is 13.2. The largest absolute Gasteiger partial charge is 0.497 e. The van der Waals surface area contributed by atoms with Crippen LogP contribution >= 0.6 is 0 Å². The minimum absolute atomic E-state index is 0.0147. The van der Waals surface area contributed by atoms with Gasteiger partial charge in [0.05, 0.1) is 43.0 Å². The van der Waals surface area contributed by atoms with Gasteiger partial charge in [-0.3, -0.25) is 9.59 Å². The topological polar surface area (TPSA) is 121 Å². The van der Waals surface area contributed by atoms with Crippen LogP contribution in [0.5, 0.6) is 5.75 Å². The fraction of sp³-hybridized carbons (Fsp3) is 0.625. The molecule has 0 radical (unpaired) electrons. The second-order valence-corrected chi connectivity index (χ2v) is 22.0. The molecule has 1 heterocycles. The van der Waals surface area contributed by atoms with Crippen molar-refractivity contribution in [1.29, 1.82) is 0 Å². The lowest BCUT2D eigenvalue weighted by Crippen LogP contribution is -2.77. The zero-order chi connectivity index (χ0) is 36.5. The maximum Gasteiger partial charge on any atom is 0.338 e. The maximum atomic E-state index is 15.7. The molecule has 0 unspecified atom stereocenters. The smallest absolute Gasteiger partial charge is 0.338 e. The highest BCUT2D eigenvalue weighted by molar-refractivity contribution is 6.74. The van der Waals surface area contributed by atoms with Crippen molar-refractivity contribution in [3.63, 3.8) is 0 Å². The molecule has 0 aromatic heterocycles. The number of epoxide rings is 1. The molecule has 9 nitrogen and oxygen atoms in total. The number of carbonyl (C=O) groups excluding carboxylic acids is 3. The molecular weight excluding hydrogens is 653 g/mol. The lowest BCUT2D eigenvalue weighted by atomic mass is 9.45. The lowest BCUT2D eigenvalue weighted by Gasteiger charge is -2.63. The average molecular weight is 707 g/mol. The first kappa shape index (κ1) is 36.9. The van der Waals surface area contributed by atoms with Crippen LogP contribution in [0.25, 0.3) is 0 Å². The summed E-state index contributed by atoms with van der Waals surface area (Å²) in [5, 5.41) is 13.0. The number of rotatable bonds is 8. The normalized spacial score (nSPS) is 35.1. The summed E-state index contributed by atoms with van der Waals surface area (Å²) >= 11 is 0. The molecule has 3 saturated carbocycles. The molecule has 1 spiro atoms. The van der Waals surface area contributed by atoms with Gasteiger partial charge in [-0.2, -0.15) is 0 Å². The number of hydrogen-bond donors (Lipinski definition) is 1. The fourth-order valence-corrected chi connectivity index (χ4v) is 10.3. The van der Waals surface area contributed by atoms with E-state index in [1.54, 1.807) is 37.4 Å². The molecule has 50 heavy (non-hydrogen) atoms. The molecule has 6 rings (SSSR count). The van der Waals surface area contributed by atoms with Crippen LogP contribution in [0.2, 0.25) is 18.1 Å². The van der Waals surface area contributed by atoms with Crippen LogP contribution in [-0.4, -0.2) is 74.2 Å². The van der Waals surface area contributed by atoms with Crippen molar-refractivity contribution >= 4 is 25.9 Å². The number of methoxy groups -OCH3 is 1. The molecular formula is C40H54O9Si. The first-order valence-electron chi connectivity index (χ1n) is 18.0. The van der Waals surface area contributed by atoms with Gasteiger partial charge in [0, 0.05) is 23.7 Å². The Hall–Kier alpha value is -2.89. The number of ether oxygens (including phenoxy) is 4. The van der Waals surface area contributed by atoms with E-state index in [-0.39, 0.29) is 23.8 Å². The van der Waals surface area contributed by atoms with Gasteiger partial charge in [0.1, 0.15) is 18.0 Å². The highest BCUT2D eigenvalue weighted by Gasteiger charge is 2.78. The molecule has 2 aromatic carbocycles. The van der Waals surface area contributed by atoms with Crippen molar-refractivity contribution in [3.8, 4) is 5.75 Å². The number of ketones is 2. The molecule has 272 valence electrons. The van der Waals surface area contributed by atoms with Crippen LogP contribution in [0, 0.1) is 22.7 Å². The summed E-state index contributed by atoms with van der Waals surface area (Å²) in [6.45, 7) is 16.8. The average Bonchev–Trinajstić information content (AvgIpc) is 3.84. The number of carbonyl (C=O) groups is 3. The van der Waals surface area contributed by atoms with Crippen molar-refractivity contribution in [2.45, 2.75) is 121 Å². The zero-order valence-electron chi connectivity index (χ0n) is 31.0. The summed E-state index contributed by atoms with van der Waals surface area (Å²) in [6.07, 6.45) is -1.54. The summed E-state index contributed by atoms with van der Waals surface area (Å²) in [4.78, 5) is 44.1. The van der Waals surface area contributed by atoms with E-state index in [0.29, 0.717) is 37.2 Å². The molecule has 1 saturated heterocycles. The minimum Gasteiger partial charge on any atom is -0.497 e. The highest BCUT2D eigenvalue weighted by Crippen LogP contribution is 2.65. The zero-order valence-corrected chi connectivity index (χ0v) is 32.0. The quantitative estimate of drug-likeness (QED) is 0.182. The van der Waals surface area contributed by atoms with E-state index in [9.17, 15) is 14.7 Å². The molecule has 10 heteroatoms. The van der Waals surface area contributed by atoms with E-state index in [2.05, 4.69) is 33.9 Å². The predicted molar refractivity (Wildman–Crippen MR) is 190 cm³/mol. The van der Waals surface area contributed by atoms with Crippen molar-refractivity contribution in [2.24, 2.45) is 22.7 Å². The second-order valence-electron chi connectivity index (χ2n) is 17.2. The summed E-state index contributed by atoms with van der Waals surface area (Å²) in [7, 11) is -0.873. The molecule has 1 aliphatic heterocycles. The molecule has 3 aliphatic carbocycles. The predicted octanol–water partition coefficient (Wildman–Crippen LogP) is 6.70. The van der Waals surface area contributed by atoms with Crippen molar-refractivity contribution in [2.75, 3.05) is 13.7 Å². The fourth-order valence-electron chi connectivity index (χ4n) is 8.89. The Morgan fingerprint density at radius 2 is 1.64 bits per heavy atom. The van der Waals surface area contributed by atoms with Crippen molar-refractivity contribution in [1.82, 2.24) is 0 Å². The maximum absolute atomic E-state index is 15.7. The van der Waals surface area contributed by atoms with Crippen LogP contribution < -0.4 is 4.74 Å².